The first-order valence-corrected chi connectivity index (χ1v) is 10.4. The Labute approximate surface area is 189 Å². The van der Waals surface area contributed by atoms with Crippen LogP contribution in [0.3, 0.4) is 0 Å². The van der Waals surface area contributed by atoms with E-state index in [0.29, 0.717) is 36.3 Å². The molecule has 0 fully saturated rings. The van der Waals surface area contributed by atoms with E-state index in [0.717, 1.165) is 23.3 Å². The van der Waals surface area contributed by atoms with Crippen LogP contribution in [0.5, 0.6) is 5.75 Å². The molecule has 1 aromatic heterocycles. The first-order chi connectivity index (χ1) is 15.7. The monoisotopic (exact) mass is 459 g/mol. The Morgan fingerprint density at radius 3 is 2.58 bits per heavy atom. The summed E-state index contributed by atoms with van der Waals surface area (Å²) in [4.78, 5) is 15.0. The number of aryl methyl sites for hydroxylation is 2. The van der Waals surface area contributed by atoms with E-state index in [2.05, 4.69) is 11.6 Å². The van der Waals surface area contributed by atoms with Gasteiger partial charge in [0.1, 0.15) is 5.75 Å². The molecule has 8 heteroatoms. The van der Waals surface area contributed by atoms with Crippen LogP contribution in [0.25, 0.3) is 11.5 Å². The molecular formula is C25H24F3NO4. The Bertz CT molecular complexity index is 1100. The van der Waals surface area contributed by atoms with E-state index in [9.17, 15) is 18.0 Å². The molecule has 5 nitrogen and oxygen atoms in total. The maximum atomic E-state index is 12.8. The van der Waals surface area contributed by atoms with Crippen molar-refractivity contribution in [1.82, 2.24) is 4.98 Å². The highest BCUT2D eigenvalue weighted by atomic mass is 19.4. The summed E-state index contributed by atoms with van der Waals surface area (Å²) in [5.41, 5.74) is 1.53. The van der Waals surface area contributed by atoms with E-state index >= 15 is 0 Å². The summed E-state index contributed by atoms with van der Waals surface area (Å²) in [6.07, 6.45) is 0.0575. The van der Waals surface area contributed by atoms with Gasteiger partial charge >= 0.3 is 12.1 Å². The number of ether oxygens (including phenoxy) is 1. The number of alkyl halides is 3. The summed E-state index contributed by atoms with van der Waals surface area (Å²) in [6, 6.07) is 10.1. The van der Waals surface area contributed by atoms with Crippen molar-refractivity contribution in [3.8, 4) is 17.2 Å². The molecule has 0 unspecified atom stereocenters. The molecule has 0 saturated heterocycles. The van der Waals surface area contributed by atoms with Gasteiger partial charge in [-0.15, -0.1) is 6.58 Å². The molecule has 1 N–H and O–H groups in total. The number of rotatable bonds is 10. The predicted octanol–water partition coefficient (Wildman–Crippen LogP) is 6.77. The number of halogens is 3. The number of aliphatic carboxylic acids is 1. The highest BCUT2D eigenvalue weighted by Gasteiger charge is 2.30. The van der Waals surface area contributed by atoms with Gasteiger partial charge in [-0.05, 0) is 73.7 Å². The lowest BCUT2D eigenvalue weighted by atomic mass is 10.0. The van der Waals surface area contributed by atoms with Gasteiger partial charge in [-0.1, -0.05) is 12.1 Å². The molecule has 1 heterocycles. The van der Waals surface area contributed by atoms with Crippen molar-refractivity contribution in [2.75, 3.05) is 0 Å². The zero-order chi connectivity index (χ0) is 24.0. The summed E-state index contributed by atoms with van der Waals surface area (Å²) < 4.78 is 50.4. The molecule has 3 rings (SSSR count). The van der Waals surface area contributed by atoms with Crippen LogP contribution in [-0.4, -0.2) is 16.1 Å². The molecule has 0 amide bonds. The van der Waals surface area contributed by atoms with Gasteiger partial charge in [0.05, 0.1) is 11.8 Å². The summed E-state index contributed by atoms with van der Waals surface area (Å²) >= 11 is 0. The zero-order valence-electron chi connectivity index (χ0n) is 18.1. The number of hydrogen-bond acceptors (Lipinski definition) is 4. The minimum absolute atomic E-state index is 0.0494. The topological polar surface area (TPSA) is 72.6 Å². The molecule has 3 aromatic rings. The normalized spacial score (nSPS) is 12.4. The van der Waals surface area contributed by atoms with Crippen LogP contribution < -0.4 is 4.74 Å². The Hall–Kier alpha value is -3.55. The fraction of sp³-hybridized carbons (Fsp3) is 0.280. The lowest BCUT2D eigenvalue weighted by Gasteiger charge is -2.17. The molecule has 0 saturated carbocycles. The second kappa shape index (κ2) is 10.4. The van der Waals surface area contributed by atoms with Crippen molar-refractivity contribution in [3.05, 3.63) is 83.8 Å². The van der Waals surface area contributed by atoms with Crippen molar-refractivity contribution in [2.24, 2.45) is 0 Å². The van der Waals surface area contributed by atoms with Crippen LogP contribution in [0, 0.1) is 6.92 Å². The fourth-order valence-corrected chi connectivity index (χ4v) is 3.33. The third kappa shape index (κ3) is 6.47. The Morgan fingerprint density at radius 2 is 1.97 bits per heavy atom. The van der Waals surface area contributed by atoms with Gasteiger partial charge in [0.15, 0.2) is 11.9 Å². The molecule has 0 radical (unpaired) electrons. The number of hydrogen-bond donors (Lipinski definition) is 1. The summed E-state index contributed by atoms with van der Waals surface area (Å²) in [5.74, 6) is 0.381. The highest BCUT2D eigenvalue weighted by Crippen LogP contribution is 2.33. The van der Waals surface area contributed by atoms with E-state index < -0.39 is 23.8 Å². The number of carbonyl (C=O) groups is 1. The van der Waals surface area contributed by atoms with Gasteiger partial charge in [-0.25, -0.2) is 4.98 Å². The third-order valence-corrected chi connectivity index (χ3v) is 5.13. The van der Waals surface area contributed by atoms with Crippen molar-refractivity contribution < 1.29 is 32.2 Å². The summed E-state index contributed by atoms with van der Waals surface area (Å²) in [7, 11) is 0. The van der Waals surface area contributed by atoms with Gasteiger partial charge in [0.25, 0.3) is 0 Å². The first-order valence-electron chi connectivity index (χ1n) is 10.4. The van der Waals surface area contributed by atoms with Crippen LogP contribution >= 0.6 is 0 Å². The van der Waals surface area contributed by atoms with Gasteiger partial charge in [-0.3, -0.25) is 4.79 Å². The smallest absolute Gasteiger partial charge is 0.416 e. The number of benzene rings is 2. The fourth-order valence-electron chi connectivity index (χ4n) is 3.33. The lowest BCUT2D eigenvalue weighted by Crippen LogP contribution is -2.07. The maximum absolute atomic E-state index is 12.8. The van der Waals surface area contributed by atoms with Crippen molar-refractivity contribution in [2.45, 2.75) is 44.9 Å². The van der Waals surface area contributed by atoms with Crippen molar-refractivity contribution in [1.29, 1.82) is 0 Å². The minimum Gasteiger partial charge on any atom is -0.482 e. The molecule has 0 aliphatic heterocycles. The predicted molar refractivity (Wildman–Crippen MR) is 117 cm³/mol. The van der Waals surface area contributed by atoms with E-state index in [1.165, 1.54) is 18.3 Å². The van der Waals surface area contributed by atoms with Crippen LogP contribution in [-0.2, 0) is 17.4 Å². The molecule has 0 aliphatic rings. The van der Waals surface area contributed by atoms with Gasteiger partial charge in [0.2, 0.25) is 5.89 Å². The number of aromatic nitrogens is 1. The number of carboxylic acids is 1. The van der Waals surface area contributed by atoms with E-state index in [1.54, 1.807) is 12.1 Å². The molecule has 33 heavy (non-hydrogen) atoms. The third-order valence-electron chi connectivity index (χ3n) is 5.13. The molecule has 0 aliphatic carbocycles. The van der Waals surface area contributed by atoms with E-state index in [-0.39, 0.29) is 12.3 Å². The Morgan fingerprint density at radius 1 is 1.24 bits per heavy atom. The van der Waals surface area contributed by atoms with Crippen molar-refractivity contribution >= 4 is 5.97 Å². The molecule has 2 aromatic carbocycles. The highest BCUT2D eigenvalue weighted by molar-refractivity contribution is 5.67. The molecular weight excluding hydrogens is 435 g/mol. The van der Waals surface area contributed by atoms with Crippen LogP contribution in [0.15, 0.2) is 65.7 Å². The number of allylic oxidation sites excluding steroid dienone is 1. The first kappa shape index (κ1) is 24.1. The average molecular weight is 459 g/mol. The van der Waals surface area contributed by atoms with Gasteiger partial charge in [0, 0.05) is 12.0 Å². The lowest BCUT2D eigenvalue weighted by molar-refractivity contribution is -0.138. The standard InChI is InChI=1S/C25H24F3NO4/c1-3-4-5-21(32-20-12-8-17(16(2)14-20)9-13-23(30)31)22-15-29-24(33-22)18-6-10-19(11-7-18)25(26,27)28/h3,6-8,10-12,14-15,21H,1,4-5,9,13H2,2H3,(H,30,31)/t21-/m1/s1. The molecule has 174 valence electrons. The largest absolute Gasteiger partial charge is 0.482 e. The summed E-state index contributed by atoms with van der Waals surface area (Å²) in [6.45, 7) is 5.62. The van der Waals surface area contributed by atoms with Gasteiger partial charge < -0.3 is 14.3 Å². The number of carboxylic acid groups (broad SMARTS) is 1. The Kier molecular flexibility index (Phi) is 7.58. The second-order valence-corrected chi connectivity index (χ2v) is 7.60. The van der Waals surface area contributed by atoms with Crippen LogP contribution in [0.1, 0.15) is 47.8 Å². The average Bonchev–Trinajstić information content (AvgIpc) is 3.25. The number of nitrogens with zero attached hydrogens (tertiary/aromatic N) is 1. The molecule has 0 spiro atoms. The minimum atomic E-state index is -4.41. The Balaban J connectivity index is 1.78. The van der Waals surface area contributed by atoms with Gasteiger partial charge in [-0.2, -0.15) is 13.2 Å². The second-order valence-electron chi connectivity index (χ2n) is 7.60. The van der Waals surface area contributed by atoms with Crippen LogP contribution in [0.4, 0.5) is 13.2 Å². The molecule has 1 atom stereocenters. The maximum Gasteiger partial charge on any atom is 0.416 e. The number of oxazole rings is 1. The molecule has 0 bridgehead atoms. The summed E-state index contributed by atoms with van der Waals surface area (Å²) in [5, 5.41) is 8.88. The SMILES string of the molecule is C=CCC[C@@H](Oc1ccc(CCC(=O)O)c(C)c1)c1cnc(-c2ccc(C(F)(F)F)cc2)o1. The van der Waals surface area contributed by atoms with Crippen molar-refractivity contribution in [3.63, 3.8) is 0 Å². The quantitative estimate of drug-likeness (QED) is 0.339. The van der Waals surface area contributed by atoms with Crippen LogP contribution in [0.2, 0.25) is 0 Å². The van der Waals surface area contributed by atoms with E-state index in [1.807, 2.05) is 19.1 Å². The van der Waals surface area contributed by atoms with E-state index in [4.69, 9.17) is 14.3 Å². The zero-order valence-corrected chi connectivity index (χ0v) is 18.1.